The Hall–Kier alpha value is -2.91. The number of carbonyl (C=O) groups is 2. The summed E-state index contributed by atoms with van der Waals surface area (Å²) in [6, 6.07) is 13.2. The molecule has 0 spiro atoms. The number of nitrogens with one attached hydrogen (secondary N) is 1. The summed E-state index contributed by atoms with van der Waals surface area (Å²) in [5.41, 5.74) is 1.46. The standard InChI is InChI=1S/C20H23N3O5S/c1-2-28-17-7-5-16(6-8-17)23-13-15(11-19(23)24)20(25)22-12-14-3-9-18(10-4-14)29(21,26)27/h3-10,15H,2,11-13H2,1H3,(H,22,25)(H2,21,26,27)/t15-/m0/s1. The molecular formula is C20H23N3O5S. The number of primary sulfonamides is 1. The molecule has 29 heavy (non-hydrogen) atoms. The van der Waals surface area contributed by atoms with E-state index in [2.05, 4.69) is 5.32 Å². The van der Waals surface area contributed by atoms with Crippen LogP contribution in [0.15, 0.2) is 53.4 Å². The summed E-state index contributed by atoms with van der Waals surface area (Å²) in [7, 11) is -3.75. The molecule has 8 nitrogen and oxygen atoms in total. The number of benzene rings is 2. The van der Waals surface area contributed by atoms with Crippen LogP contribution < -0.4 is 20.1 Å². The van der Waals surface area contributed by atoms with Crippen molar-refractivity contribution < 1.29 is 22.7 Å². The van der Waals surface area contributed by atoms with Crippen LogP contribution in [0.4, 0.5) is 5.69 Å². The molecule has 0 aromatic heterocycles. The van der Waals surface area contributed by atoms with E-state index in [4.69, 9.17) is 9.88 Å². The molecule has 1 saturated heterocycles. The second-order valence-electron chi connectivity index (χ2n) is 6.74. The Bertz CT molecular complexity index is 988. The fraction of sp³-hybridized carbons (Fsp3) is 0.300. The van der Waals surface area contributed by atoms with Crippen molar-refractivity contribution in [3.63, 3.8) is 0 Å². The lowest BCUT2D eigenvalue weighted by Crippen LogP contribution is -2.32. The van der Waals surface area contributed by atoms with Crippen LogP contribution in [0.2, 0.25) is 0 Å². The van der Waals surface area contributed by atoms with E-state index in [0.29, 0.717) is 13.2 Å². The second-order valence-corrected chi connectivity index (χ2v) is 8.30. The Balaban J connectivity index is 1.57. The zero-order valence-corrected chi connectivity index (χ0v) is 16.8. The molecule has 3 rings (SSSR count). The van der Waals surface area contributed by atoms with Gasteiger partial charge >= 0.3 is 0 Å². The summed E-state index contributed by atoms with van der Waals surface area (Å²) in [5, 5.41) is 7.87. The zero-order chi connectivity index (χ0) is 21.0. The van der Waals surface area contributed by atoms with Crippen LogP contribution in [0.3, 0.4) is 0 Å². The third kappa shape index (κ3) is 5.12. The van der Waals surface area contributed by atoms with Gasteiger partial charge in [-0.15, -0.1) is 0 Å². The van der Waals surface area contributed by atoms with E-state index in [9.17, 15) is 18.0 Å². The molecule has 9 heteroatoms. The molecule has 1 aliphatic heterocycles. The molecular weight excluding hydrogens is 394 g/mol. The first-order chi connectivity index (χ1) is 13.8. The molecule has 2 aromatic rings. The van der Waals surface area contributed by atoms with Crippen molar-refractivity contribution in [3.05, 3.63) is 54.1 Å². The van der Waals surface area contributed by atoms with E-state index < -0.39 is 15.9 Å². The number of hydrogen-bond acceptors (Lipinski definition) is 5. The Labute approximate surface area is 169 Å². The molecule has 0 aliphatic carbocycles. The first kappa shape index (κ1) is 20.8. The molecule has 2 aromatic carbocycles. The largest absolute Gasteiger partial charge is 0.494 e. The summed E-state index contributed by atoms with van der Waals surface area (Å²) in [5.74, 6) is -0.0440. The normalized spacial score (nSPS) is 16.7. The fourth-order valence-corrected chi connectivity index (χ4v) is 3.67. The highest BCUT2D eigenvalue weighted by Crippen LogP contribution is 2.27. The lowest BCUT2D eigenvalue weighted by atomic mass is 10.1. The van der Waals surface area contributed by atoms with Crippen molar-refractivity contribution in [1.29, 1.82) is 0 Å². The van der Waals surface area contributed by atoms with Gasteiger partial charge in [0.2, 0.25) is 21.8 Å². The molecule has 0 unspecified atom stereocenters. The van der Waals surface area contributed by atoms with E-state index in [0.717, 1.165) is 17.0 Å². The monoisotopic (exact) mass is 417 g/mol. The van der Waals surface area contributed by atoms with Crippen LogP contribution in [0.5, 0.6) is 5.75 Å². The van der Waals surface area contributed by atoms with Crippen LogP contribution in [-0.4, -0.2) is 33.4 Å². The molecule has 0 radical (unpaired) electrons. The van der Waals surface area contributed by atoms with Gasteiger partial charge in [-0.2, -0.15) is 0 Å². The molecule has 0 bridgehead atoms. The van der Waals surface area contributed by atoms with Gasteiger partial charge in [-0.1, -0.05) is 12.1 Å². The predicted octanol–water partition coefficient (Wildman–Crippen LogP) is 1.40. The van der Waals surface area contributed by atoms with Gasteiger partial charge in [0.05, 0.1) is 17.4 Å². The van der Waals surface area contributed by atoms with Gasteiger partial charge in [-0.25, -0.2) is 13.6 Å². The quantitative estimate of drug-likeness (QED) is 0.706. The summed E-state index contributed by atoms with van der Waals surface area (Å²) in [6.45, 7) is 3.01. The first-order valence-electron chi connectivity index (χ1n) is 9.20. The highest BCUT2D eigenvalue weighted by Gasteiger charge is 2.35. The average molecular weight is 417 g/mol. The van der Waals surface area contributed by atoms with Crippen molar-refractivity contribution in [3.8, 4) is 5.75 Å². The Morgan fingerprint density at radius 3 is 2.41 bits per heavy atom. The van der Waals surface area contributed by atoms with Crippen LogP contribution in [0, 0.1) is 5.92 Å². The number of anilines is 1. The van der Waals surface area contributed by atoms with Crippen molar-refractivity contribution in [2.45, 2.75) is 24.8 Å². The second kappa shape index (κ2) is 8.62. The third-order valence-electron chi connectivity index (χ3n) is 4.67. The van der Waals surface area contributed by atoms with Gasteiger partial charge in [-0.3, -0.25) is 9.59 Å². The van der Waals surface area contributed by atoms with E-state index in [-0.39, 0.29) is 29.7 Å². The van der Waals surface area contributed by atoms with Crippen LogP contribution in [-0.2, 0) is 26.2 Å². The molecule has 1 fully saturated rings. The van der Waals surface area contributed by atoms with E-state index in [1.165, 1.54) is 12.1 Å². The minimum atomic E-state index is -3.75. The highest BCUT2D eigenvalue weighted by atomic mass is 32.2. The summed E-state index contributed by atoms with van der Waals surface area (Å²) in [4.78, 5) is 26.4. The average Bonchev–Trinajstić information content (AvgIpc) is 3.08. The number of ether oxygens (including phenoxy) is 1. The third-order valence-corrected chi connectivity index (χ3v) is 5.60. The number of carbonyl (C=O) groups excluding carboxylic acids is 2. The van der Waals surface area contributed by atoms with Gasteiger partial charge < -0.3 is 15.0 Å². The Morgan fingerprint density at radius 1 is 1.17 bits per heavy atom. The number of rotatable bonds is 7. The predicted molar refractivity (Wildman–Crippen MR) is 108 cm³/mol. The van der Waals surface area contributed by atoms with Gasteiger partial charge in [-0.05, 0) is 48.9 Å². The maximum absolute atomic E-state index is 12.5. The zero-order valence-electron chi connectivity index (χ0n) is 16.0. The van der Waals surface area contributed by atoms with Crippen molar-refractivity contribution >= 4 is 27.5 Å². The molecule has 1 atom stereocenters. The number of nitrogens with zero attached hydrogens (tertiary/aromatic N) is 1. The van der Waals surface area contributed by atoms with Gasteiger partial charge in [0.1, 0.15) is 5.75 Å². The highest BCUT2D eigenvalue weighted by molar-refractivity contribution is 7.89. The number of nitrogens with two attached hydrogens (primary N) is 1. The van der Waals surface area contributed by atoms with Crippen molar-refractivity contribution in [2.24, 2.45) is 11.1 Å². The number of sulfonamides is 1. The van der Waals surface area contributed by atoms with Crippen molar-refractivity contribution in [1.82, 2.24) is 5.32 Å². The first-order valence-corrected chi connectivity index (χ1v) is 10.7. The maximum atomic E-state index is 12.5. The number of amides is 2. The van der Waals surface area contributed by atoms with E-state index in [1.54, 1.807) is 41.3 Å². The molecule has 3 N–H and O–H groups in total. The number of hydrogen-bond donors (Lipinski definition) is 2. The van der Waals surface area contributed by atoms with Crippen LogP contribution in [0.1, 0.15) is 18.9 Å². The van der Waals surface area contributed by atoms with Gasteiger partial charge in [0.25, 0.3) is 0 Å². The topological polar surface area (TPSA) is 119 Å². The van der Waals surface area contributed by atoms with Crippen LogP contribution in [0.25, 0.3) is 0 Å². The van der Waals surface area contributed by atoms with Gasteiger partial charge in [0, 0.05) is 25.2 Å². The Kier molecular flexibility index (Phi) is 6.19. The smallest absolute Gasteiger partial charge is 0.238 e. The molecule has 2 amide bonds. The molecule has 154 valence electrons. The molecule has 1 heterocycles. The minimum Gasteiger partial charge on any atom is -0.494 e. The lowest BCUT2D eigenvalue weighted by molar-refractivity contribution is -0.126. The van der Waals surface area contributed by atoms with Crippen molar-refractivity contribution in [2.75, 3.05) is 18.1 Å². The fourth-order valence-electron chi connectivity index (χ4n) is 3.15. The summed E-state index contributed by atoms with van der Waals surface area (Å²) < 4.78 is 28.0. The SMILES string of the molecule is CCOc1ccc(N2C[C@@H](C(=O)NCc3ccc(S(N)(=O)=O)cc3)CC2=O)cc1. The van der Waals surface area contributed by atoms with E-state index >= 15 is 0 Å². The van der Waals surface area contributed by atoms with Gasteiger partial charge in [0.15, 0.2) is 0 Å². The summed E-state index contributed by atoms with van der Waals surface area (Å²) in [6.07, 6.45) is 0.142. The lowest BCUT2D eigenvalue weighted by Gasteiger charge is -2.17. The maximum Gasteiger partial charge on any atom is 0.238 e. The molecule has 1 aliphatic rings. The Morgan fingerprint density at radius 2 is 1.83 bits per heavy atom. The molecule has 0 saturated carbocycles. The van der Waals surface area contributed by atoms with Crippen LogP contribution >= 0.6 is 0 Å². The summed E-state index contributed by atoms with van der Waals surface area (Å²) >= 11 is 0. The van der Waals surface area contributed by atoms with E-state index in [1.807, 2.05) is 6.92 Å². The minimum absolute atomic E-state index is 0.0139.